The number of aliphatic hydroxyl groups excluding tert-OH is 8. The summed E-state index contributed by atoms with van der Waals surface area (Å²) in [7, 11) is 0. The second-order valence-corrected chi connectivity index (χ2v) is 5.17. The highest BCUT2D eigenvalue weighted by atomic mass is 16.7. The van der Waals surface area contributed by atoms with Crippen LogP contribution < -0.4 is 0 Å². The molecule has 0 bridgehead atoms. The Kier molecular flexibility index (Phi) is 7.89. The minimum atomic E-state index is -1.97. The molecule has 9 atom stereocenters. The lowest BCUT2D eigenvalue weighted by molar-refractivity contribution is -0.326. The van der Waals surface area contributed by atoms with Crippen molar-refractivity contribution in [2.24, 2.45) is 0 Å². The Bertz CT molecular complexity index is 365. The van der Waals surface area contributed by atoms with Crippen LogP contribution in [0.5, 0.6) is 0 Å². The summed E-state index contributed by atoms with van der Waals surface area (Å²) in [5.74, 6) is 0. The van der Waals surface area contributed by atoms with E-state index in [1.807, 2.05) is 0 Å². The van der Waals surface area contributed by atoms with Crippen LogP contribution >= 0.6 is 0 Å². The zero-order valence-electron chi connectivity index (χ0n) is 12.0. The lowest BCUT2D eigenvalue weighted by Crippen LogP contribution is -2.61. The van der Waals surface area contributed by atoms with Gasteiger partial charge in [-0.3, -0.25) is 0 Å². The molecule has 1 rings (SSSR count). The summed E-state index contributed by atoms with van der Waals surface area (Å²) >= 11 is 0. The lowest BCUT2D eigenvalue weighted by atomic mass is 9.98. The first-order valence-corrected chi connectivity index (χ1v) is 6.84. The fourth-order valence-electron chi connectivity index (χ4n) is 2.11. The van der Waals surface area contributed by atoms with Crippen LogP contribution in [0, 0.1) is 0 Å². The van der Waals surface area contributed by atoms with E-state index in [2.05, 4.69) is 0 Å². The van der Waals surface area contributed by atoms with Gasteiger partial charge in [0.05, 0.1) is 13.2 Å². The van der Waals surface area contributed by atoms with Gasteiger partial charge in [-0.2, -0.15) is 0 Å². The number of aliphatic hydroxyl groups is 8. The molecule has 0 aromatic carbocycles. The van der Waals surface area contributed by atoms with Crippen molar-refractivity contribution in [3.8, 4) is 0 Å². The number of ether oxygens (including phenoxy) is 2. The van der Waals surface area contributed by atoms with Gasteiger partial charge in [0.1, 0.15) is 48.8 Å². The summed E-state index contributed by atoms with van der Waals surface area (Å²) in [6, 6.07) is 0. The molecule has 0 aromatic heterocycles. The maximum Gasteiger partial charge on any atom is 0.187 e. The first-order chi connectivity index (χ1) is 10.8. The van der Waals surface area contributed by atoms with Crippen molar-refractivity contribution in [1.29, 1.82) is 0 Å². The number of rotatable bonds is 8. The minimum absolute atomic E-state index is 0.0294. The van der Waals surface area contributed by atoms with Crippen LogP contribution in [0.15, 0.2) is 0 Å². The van der Waals surface area contributed by atoms with Gasteiger partial charge in [-0.15, -0.1) is 0 Å². The molecular formula is C12H22O11. The van der Waals surface area contributed by atoms with Gasteiger partial charge in [0.15, 0.2) is 12.6 Å². The van der Waals surface area contributed by atoms with Crippen molar-refractivity contribution in [1.82, 2.24) is 0 Å². The van der Waals surface area contributed by atoms with E-state index in [9.17, 15) is 35.4 Å². The highest BCUT2D eigenvalue weighted by Crippen LogP contribution is 2.24. The maximum absolute atomic E-state index is 10.5. The molecule has 1 aliphatic heterocycles. The molecule has 136 valence electrons. The second kappa shape index (κ2) is 8.94. The second-order valence-electron chi connectivity index (χ2n) is 5.17. The summed E-state index contributed by atoms with van der Waals surface area (Å²) < 4.78 is 10.1. The van der Waals surface area contributed by atoms with E-state index in [0.717, 1.165) is 0 Å². The van der Waals surface area contributed by atoms with Crippen LogP contribution in [0.25, 0.3) is 0 Å². The third kappa shape index (κ3) is 4.64. The molecule has 11 nitrogen and oxygen atoms in total. The van der Waals surface area contributed by atoms with Crippen molar-refractivity contribution < 1.29 is 55.1 Å². The van der Waals surface area contributed by atoms with E-state index in [0.29, 0.717) is 0 Å². The monoisotopic (exact) mass is 342 g/mol. The Morgan fingerprint density at radius 3 is 2.13 bits per heavy atom. The Labute approximate surface area is 130 Å². The average molecular weight is 342 g/mol. The molecule has 0 aliphatic carbocycles. The number of carbonyl (C=O) groups is 1. The SMILES string of the molecule is O=C[C@@H](O)[C@@H](O)[C@@H](O[C@@H]1O[C@H](CO)[C@@H](O)[C@H](O)[C@@H]1O)[C@H](O)CO. The fourth-order valence-corrected chi connectivity index (χ4v) is 2.11. The molecule has 0 radical (unpaired) electrons. The Hall–Kier alpha value is -0.730. The van der Waals surface area contributed by atoms with Gasteiger partial charge in [-0.25, -0.2) is 0 Å². The highest BCUT2D eigenvalue weighted by molar-refractivity contribution is 5.56. The standard InChI is InChI=1S/C12H22O11/c13-1-4(16)7(18)11(5(17)2-14)23-12-10(21)9(20)8(19)6(3-15)22-12/h1,4-12,14-21H,2-3H2/t4-,5-,6-,7-,8-,9+,10+,11+,12+/m1/s1. The van der Waals surface area contributed by atoms with E-state index in [4.69, 9.17) is 19.7 Å². The normalized spacial score (nSPS) is 37.0. The molecule has 0 unspecified atom stereocenters. The van der Waals surface area contributed by atoms with E-state index in [-0.39, 0.29) is 6.29 Å². The van der Waals surface area contributed by atoms with Crippen LogP contribution in [-0.2, 0) is 14.3 Å². The first kappa shape index (κ1) is 20.3. The molecule has 1 heterocycles. The van der Waals surface area contributed by atoms with Crippen LogP contribution in [0.3, 0.4) is 0 Å². The third-order valence-corrected chi connectivity index (χ3v) is 3.53. The van der Waals surface area contributed by atoms with Crippen LogP contribution in [0.1, 0.15) is 0 Å². The van der Waals surface area contributed by atoms with Gasteiger partial charge >= 0.3 is 0 Å². The molecule has 1 aliphatic rings. The summed E-state index contributed by atoms with van der Waals surface area (Å²) in [5.41, 5.74) is 0. The maximum atomic E-state index is 10.5. The lowest BCUT2D eigenvalue weighted by Gasteiger charge is -2.42. The smallest absolute Gasteiger partial charge is 0.187 e. The van der Waals surface area contributed by atoms with Crippen molar-refractivity contribution in [2.75, 3.05) is 13.2 Å². The fraction of sp³-hybridized carbons (Fsp3) is 0.917. The topological polar surface area (TPSA) is 197 Å². The minimum Gasteiger partial charge on any atom is -0.394 e. The number of hydrogen-bond acceptors (Lipinski definition) is 11. The Morgan fingerprint density at radius 2 is 1.65 bits per heavy atom. The van der Waals surface area contributed by atoms with Gasteiger partial charge in [0.2, 0.25) is 0 Å². The molecule has 1 saturated heterocycles. The molecule has 11 heteroatoms. The summed E-state index contributed by atoms with van der Waals surface area (Å²) in [5, 5.41) is 75.7. The first-order valence-electron chi connectivity index (χ1n) is 6.84. The summed E-state index contributed by atoms with van der Waals surface area (Å²) in [6.07, 6.45) is -15.7. The van der Waals surface area contributed by atoms with Crippen molar-refractivity contribution in [3.63, 3.8) is 0 Å². The van der Waals surface area contributed by atoms with Crippen LogP contribution in [0.2, 0.25) is 0 Å². The number of aldehydes is 1. The molecule has 0 spiro atoms. The van der Waals surface area contributed by atoms with Gasteiger partial charge in [-0.05, 0) is 0 Å². The molecule has 1 fully saturated rings. The summed E-state index contributed by atoms with van der Waals surface area (Å²) in [4.78, 5) is 10.5. The van der Waals surface area contributed by atoms with Gasteiger partial charge in [0, 0.05) is 0 Å². The van der Waals surface area contributed by atoms with Crippen molar-refractivity contribution in [2.45, 2.75) is 55.1 Å². The zero-order valence-corrected chi connectivity index (χ0v) is 12.0. The third-order valence-electron chi connectivity index (χ3n) is 3.53. The predicted molar refractivity (Wildman–Crippen MR) is 69.8 cm³/mol. The van der Waals surface area contributed by atoms with Crippen LogP contribution in [0.4, 0.5) is 0 Å². The predicted octanol–water partition coefficient (Wildman–Crippen LogP) is -5.55. The number of carbonyl (C=O) groups excluding carboxylic acids is 1. The Morgan fingerprint density at radius 1 is 1.04 bits per heavy atom. The molecule has 0 aromatic rings. The highest BCUT2D eigenvalue weighted by Gasteiger charge is 2.46. The van der Waals surface area contributed by atoms with E-state index in [1.54, 1.807) is 0 Å². The van der Waals surface area contributed by atoms with Gasteiger partial charge < -0.3 is 55.1 Å². The Balaban J connectivity index is 2.91. The quantitative estimate of drug-likeness (QED) is 0.196. The van der Waals surface area contributed by atoms with Crippen molar-refractivity contribution >= 4 is 6.29 Å². The number of hydrogen-bond donors (Lipinski definition) is 8. The average Bonchev–Trinajstić information content (AvgIpc) is 2.57. The van der Waals surface area contributed by atoms with E-state index < -0.39 is 68.3 Å². The molecule has 0 amide bonds. The largest absolute Gasteiger partial charge is 0.394 e. The molecule has 0 saturated carbocycles. The molecule has 8 N–H and O–H groups in total. The van der Waals surface area contributed by atoms with Gasteiger partial charge in [-0.1, -0.05) is 0 Å². The van der Waals surface area contributed by atoms with Crippen LogP contribution in [-0.4, -0.2) is 115 Å². The molecule has 23 heavy (non-hydrogen) atoms. The summed E-state index contributed by atoms with van der Waals surface area (Å²) in [6.45, 7) is -1.64. The zero-order chi connectivity index (χ0) is 17.7. The van der Waals surface area contributed by atoms with E-state index in [1.165, 1.54) is 0 Å². The molecular weight excluding hydrogens is 320 g/mol. The van der Waals surface area contributed by atoms with Gasteiger partial charge in [0.25, 0.3) is 0 Å². The van der Waals surface area contributed by atoms with Crippen molar-refractivity contribution in [3.05, 3.63) is 0 Å². The van der Waals surface area contributed by atoms with E-state index >= 15 is 0 Å².